The molecule has 0 bridgehead atoms. The van der Waals surface area contributed by atoms with Gasteiger partial charge in [-0.1, -0.05) is 66.7 Å². The van der Waals surface area contributed by atoms with E-state index < -0.39 is 41.9 Å². The molecule has 3 aromatic rings. The Balaban J connectivity index is 1.49. The van der Waals surface area contributed by atoms with E-state index in [2.05, 4.69) is 10.6 Å². The number of primary amides is 1. The second kappa shape index (κ2) is 14.5. The summed E-state index contributed by atoms with van der Waals surface area (Å²) in [6.07, 6.45) is 1.68. The smallest absolute Gasteiger partial charge is 0.243 e. The van der Waals surface area contributed by atoms with Crippen molar-refractivity contribution in [3.8, 4) is 5.75 Å². The van der Waals surface area contributed by atoms with E-state index in [-0.39, 0.29) is 30.9 Å². The molecule has 226 valence electrons. The molecule has 4 atom stereocenters. The fourth-order valence-corrected chi connectivity index (χ4v) is 5.37. The van der Waals surface area contributed by atoms with Crippen molar-refractivity contribution in [3.05, 3.63) is 101 Å². The number of nitrogens with two attached hydrogens (primary N) is 2. The minimum atomic E-state index is -1.02. The van der Waals surface area contributed by atoms with E-state index in [4.69, 9.17) is 11.5 Å². The van der Waals surface area contributed by atoms with Gasteiger partial charge < -0.3 is 32.1 Å². The first-order valence-corrected chi connectivity index (χ1v) is 14.4. The predicted molar refractivity (Wildman–Crippen MR) is 163 cm³/mol. The second-order valence-corrected chi connectivity index (χ2v) is 11.0. The average Bonchev–Trinajstić information content (AvgIpc) is 3.49. The number of phenols is 1. The molecule has 1 aliphatic heterocycles. The molecule has 0 radical (unpaired) electrons. The Morgan fingerprint density at radius 1 is 0.860 bits per heavy atom. The number of hydrogen-bond donors (Lipinski definition) is 5. The molecule has 0 aliphatic carbocycles. The lowest BCUT2D eigenvalue weighted by Gasteiger charge is -2.29. The van der Waals surface area contributed by atoms with Crippen LogP contribution in [0.2, 0.25) is 0 Å². The van der Waals surface area contributed by atoms with Crippen molar-refractivity contribution in [3.63, 3.8) is 0 Å². The molecule has 4 rings (SSSR count). The van der Waals surface area contributed by atoms with Crippen molar-refractivity contribution in [2.45, 2.75) is 63.2 Å². The Morgan fingerprint density at radius 2 is 1.51 bits per heavy atom. The number of amides is 4. The molecule has 1 fully saturated rings. The minimum Gasteiger partial charge on any atom is -0.508 e. The molecular weight excluding hydrogens is 546 g/mol. The topological polar surface area (TPSA) is 168 Å². The number of aromatic hydroxyl groups is 1. The number of carbonyl (C=O) groups is 4. The van der Waals surface area contributed by atoms with Gasteiger partial charge in [0.1, 0.15) is 23.9 Å². The highest BCUT2D eigenvalue weighted by Crippen LogP contribution is 2.21. The average molecular weight is 586 g/mol. The number of likely N-dealkylation sites (tertiary alicyclic amines) is 1. The van der Waals surface area contributed by atoms with Gasteiger partial charge in [-0.3, -0.25) is 19.2 Å². The Morgan fingerprint density at radius 3 is 2.19 bits per heavy atom. The van der Waals surface area contributed by atoms with Gasteiger partial charge in [0, 0.05) is 19.4 Å². The van der Waals surface area contributed by atoms with Crippen LogP contribution in [0.3, 0.4) is 0 Å². The van der Waals surface area contributed by atoms with Crippen molar-refractivity contribution in [2.24, 2.45) is 11.5 Å². The van der Waals surface area contributed by atoms with Gasteiger partial charge in [0.05, 0.1) is 6.04 Å². The highest BCUT2D eigenvalue weighted by atomic mass is 16.3. The standard InChI is InChI=1S/C33H39N5O5/c1-21-8-5-6-11-24(21)20-28(31(41)36-27(30(35)40)19-22-9-3-2-4-10-22)37-32(42)29-12-7-17-38(29)33(43)26(34)18-23-13-15-25(39)16-14-23/h2-6,8-11,13-16,26-29,39H,7,12,17-20,34H2,1H3,(H2,35,40)(H,36,41)(H,37,42). The van der Waals surface area contributed by atoms with Crippen LogP contribution in [0, 0.1) is 6.92 Å². The molecule has 0 spiro atoms. The van der Waals surface area contributed by atoms with Crippen LogP contribution in [0.4, 0.5) is 0 Å². The fourth-order valence-electron chi connectivity index (χ4n) is 5.37. The van der Waals surface area contributed by atoms with Crippen LogP contribution in [0.5, 0.6) is 5.75 Å². The lowest BCUT2D eigenvalue weighted by atomic mass is 9.99. The molecule has 4 unspecified atom stereocenters. The van der Waals surface area contributed by atoms with Crippen molar-refractivity contribution >= 4 is 23.6 Å². The van der Waals surface area contributed by atoms with Crippen molar-refractivity contribution in [2.75, 3.05) is 6.54 Å². The molecule has 4 amide bonds. The van der Waals surface area contributed by atoms with E-state index in [9.17, 15) is 24.3 Å². The van der Waals surface area contributed by atoms with Crippen LogP contribution < -0.4 is 22.1 Å². The number of hydrogen-bond acceptors (Lipinski definition) is 6. The van der Waals surface area contributed by atoms with E-state index in [0.29, 0.717) is 19.4 Å². The maximum atomic E-state index is 13.6. The predicted octanol–water partition coefficient (Wildman–Crippen LogP) is 1.50. The number of nitrogens with zero attached hydrogens (tertiary/aromatic N) is 1. The van der Waals surface area contributed by atoms with Crippen LogP contribution in [0.15, 0.2) is 78.9 Å². The van der Waals surface area contributed by atoms with E-state index in [1.165, 1.54) is 17.0 Å². The molecule has 1 heterocycles. The number of phenolic OH excluding ortho intramolecular Hbond substituents is 1. The summed E-state index contributed by atoms with van der Waals surface area (Å²) in [5.74, 6) is -1.94. The molecule has 10 heteroatoms. The van der Waals surface area contributed by atoms with E-state index in [0.717, 1.165) is 22.3 Å². The Hall–Kier alpha value is -4.70. The summed E-state index contributed by atoms with van der Waals surface area (Å²) < 4.78 is 0. The molecule has 3 aromatic carbocycles. The molecule has 10 nitrogen and oxygen atoms in total. The molecule has 0 saturated carbocycles. The maximum absolute atomic E-state index is 13.6. The first kappa shape index (κ1) is 31.2. The van der Waals surface area contributed by atoms with Gasteiger partial charge in [0.2, 0.25) is 23.6 Å². The number of carbonyl (C=O) groups excluding carboxylic acids is 4. The van der Waals surface area contributed by atoms with E-state index in [1.807, 2.05) is 61.5 Å². The lowest BCUT2D eigenvalue weighted by Crippen LogP contribution is -2.58. The molecule has 7 N–H and O–H groups in total. The molecular formula is C33H39N5O5. The molecule has 0 aromatic heterocycles. The Kier molecular flexibility index (Phi) is 10.5. The van der Waals surface area contributed by atoms with Gasteiger partial charge in [-0.25, -0.2) is 0 Å². The summed E-state index contributed by atoms with van der Waals surface area (Å²) in [5.41, 5.74) is 15.3. The van der Waals surface area contributed by atoms with Crippen LogP contribution in [-0.4, -0.2) is 64.3 Å². The van der Waals surface area contributed by atoms with Crippen molar-refractivity contribution in [1.29, 1.82) is 0 Å². The Bertz CT molecular complexity index is 1430. The third-order valence-corrected chi connectivity index (χ3v) is 7.81. The van der Waals surface area contributed by atoms with Crippen LogP contribution in [-0.2, 0) is 38.4 Å². The number of rotatable bonds is 12. The zero-order valence-corrected chi connectivity index (χ0v) is 24.2. The summed E-state index contributed by atoms with van der Waals surface area (Å²) >= 11 is 0. The highest BCUT2D eigenvalue weighted by molar-refractivity contribution is 5.95. The lowest BCUT2D eigenvalue weighted by molar-refractivity contribution is -0.140. The summed E-state index contributed by atoms with van der Waals surface area (Å²) in [6, 6.07) is 19.5. The third kappa shape index (κ3) is 8.42. The zero-order valence-electron chi connectivity index (χ0n) is 24.2. The number of nitrogens with one attached hydrogen (secondary N) is 2. The summed E-state index contributed by atoms with van der Waals surface area (Å²) in [5, 5.41) is 15.1. The monoisotopic (exact) mass is 585 g/mol. The van der Waals surface area contributed by atoms with Crippen molar-refractivity contribution in [1.82, 2.24) is 15.5 Å². The van der Waals surface area contributed by atoms with Gasteiger partial charge in [-0.2, -0.15) is 0 Å². The Labute approximate surface area is 251 Å². The number of aryl methyl sites for hydroxylation is 1. The summed E-state index contributed by atoms with van der Waals surface area (Å²) in [6.45, 7) is 2.29. The summed E-state index contributed by atoms with van der Waals surface area (Å²) in [7, 11) is 0. The van der Waals surface area contributed by atoms with Gasteiger partial charge in [0.25, 0.3) is 0 Å². The zero-order chi connectivity index (χ0) is 30.9. The van der Waals surface area contributed by atoms with Crippen LogP contribution in [0.25, 0.3) is 0 Å². The third-order valence-electron chi connectivity index (χ3n) is 7.81. The second-order valence-electron chi connectivity index (χ2n) is 11.0. The first-order valence-electron chi connectivity index (χ1n) is 14.4. The SMILES string of the molecule is Cc1ccccc1CC(NC(=O)C1CCCN1C(=O)C(N)Cc1ccc(O)cc1)C(=O)NC(Cc1ccccc1)C(N)=O. The van der Waals surface area contributed by atoms with Crippen LogP contribution >= 0.6 is 0 Å². The largest absolute Gasteiger partial charge is 0.508 e. The van der Waals surface area contributed by atoms with Crippen molar-refractivity contribution < 1.29 is 24.3 Å². The van der Waals surface area contributed by atoms with Gasteiger partial charge >= 0.3 is 0 Å². The van der Waals surface area contributed by atoms with E-state index >= 15 is 0 Å². The summed E-state index contributed by atoms with van der Waals surface area (Å²) in [4.78, 5) is 54.3. The van der Waals surface area contributed by atoms with Gasteiger partial charge in [-0.15, -0.1) is 0 Å². The first-order chi connectivity index (χ1) is 20.6. The maximum Gasteiger partial charge on any atom is 0.243 e. The van der Waals surface area contributed by atoms with Gasteiger partial charge in [0.15, 0.2) is 0 Å². The van der Waals surface area contributed by atoms with Gasteiger partial charge in [-0.05, 0) is 60.6 Å². The molecule has 43 heavy (non-hydrogen) atoms. The molecule has 1 aliphatic rings. The number of benzene rings is 3. The van der Waals surface area contributed by atoms with E-state index in [1.54, 1.807) is 12.1 Å². The highest BCUT2D eigenvalue weighted by Gasteiger charge is 2.38. The quantitative estimate of drug-likeness (QED) is 0.216. The van der Waals surface area contributed by atoms with Crippen LogP contribution in [0.1, 0.15) is 35.1 Å². The normalized spacial score (nSPS) is 16.6. The molecule has 1 saturated heterocycles. The minimum absolute atomic E-state index is 0.117. The fraction of sp³-hybridized carbons (Fsp3) is 0.333.